The molecule has 0 atom stereocenters. The summed E-state index contributed by atoms with van der Waals surface area (Å²) in [6, 6.07) is 8.48. The van der Waals surface area contributed by atoms with Crippen molar-refractivity contribution in [2.45, 2.75) is 20.8 Å². The van der Waals surface area contributed by atoms with E-state index in [0.29, 0.717) is 5.82 Å². The lowest BCUT2D eigenvalue weighted by Gasteiger charge is -2.22. The first-order chi connectivity index (χ1) is 8.13. The van der Waals surface area contributed by atoms with Crippen LogP contribution in [-0.4, -0.2) is 10.9 Å². The first kappa shape index (κ1) is 11.9. The van der Waals surface area contributed by atoms with E-state index in [1.54, 1.807) is 0 Å². The Balaban J connectivity index is 2.44. The summed E-state index contributed by atoms with van der Waals surface area (Å²) in [5, 5.41) is 1.13. The smallest absolute Gasteiger partial charge is 0.142 e. The first-order valence-electron chi connectivity index (χ1n) is 5.69. The van der Waals surface area contributed by atoms with Crippen molar-refractivity contribution in [1.29, 1.82) is 0 Å². The molecule has 17 heavy (non-hydrogen) atoms. The monoisotopic (exact) mass is 247 g/mol. The molecule has 0 fully saturated rings. The van der Waals surface area contributed by atoms with Gasteiger partial charge in [0.05, 0.1) is 0 Å². The van der Waals surface area contributed by atoms with Crippen LogP contribution in [0.3, 0.4) is 0 Å². The molecule has 1 heterocycles. The van der Waals surface area contributed by atoms with Crippen LogP contribution in [0.1, 0.15) is 18.1 Å². The Kier molecular flexibility index (Phi) is 3.33. The lowest BCUT2D eigenvalue weighted by molar-refractivity contribution is 1.03. The lowest BCUT2D eigenvalue weighted by atomic mass is 10.2. The van der Waals surface area contributed by atoms with E-state index in [0.717, 1.165) is 17.1 Å². The van der Waals surface area contributed by atoms with Gasteiger partial charge in [-0.05, 0) is 50.0 Å². The zero-order valence-electron chi connectivity index (χ0n) is 10.4. The van der Waals surface area contributed by atoms with Crippen LogP contribution in [0.5, 0.6) is 0 Å². The Bertz CT molecular complexity index is 519. The Morgan fingerprint density at radius 2 is 2.12 bits per heavy atom. The molecule has 1 aromatic carbocycles. The van der Waals surface area contributed by atoms with Gasteiger partial charge < -0.3 is 10.6 Å². The van der Waals surface area contributed by atoms with E-state index >= 15 is 0 Å². The molecule has 3 nitrogen and oxygen atoms in total. The molecule has 2 N–H and O–H groups in total. The summed E-state index contributed by atoms with van der Waals surface area (Å²) >= 11 is 1.46. The molecule has 0 aliphatic carbocycles. The molecule has 2 aromatic rings. The number of anilines is 3. The fourth-order valence-electron chi connectivity index (χ4n) is 1.83. The van der Waals surface area contributed by atoms with Crippen LogP contribution in [0.4, 0.5) is 16.5 Å². The van der Waals surface area contributed by atoms with Crippen LogP contribution < -0.4 is 10.6 Å². The van der Waals surface area contributed by atoms with E-state index in [1.165, 1.54) is 22.8 Å². The Morgan fingerprint density at radius 1 is 1.35 bits per heavy atom. The highest BCUT2D eigenvalue weighted by atomic mass is 32.1. The Hall–Kier alpha value is -1.55. The number of hydrogen-bond donors (Lipinski definition) is 1. The summed E-state index contributed by atoms with van der Waals surface area (Å²) in [6.07, 6.45) is 0. The van der Waals surface area contributed by atoms with E-state index in [1.807, 2.05) is 6.92 Å². The normalized spacial score (nSPS) is 10.5. The predicted molar refractivity (Wildman–Crippen MR) is 75.1 cm³/mol. The molecule has 0 bridgehead atoms. The van der Waals surface area contributed by atoms with Crippen LogP contribution in [0.25, 0.3) is 0 Å². The molecule has 0 radical (unpaired) electrons. The molecule has 0 saturated heterocycles. The van der Waals surface area contributed by atoms with Gasteiger partial charge in [-0.2, -0.15) is 4.37 Å². The van der Waals surface area contributed by atoms with Crippen LogP contribution in [-0.2, 0) is 0 Å². The molecular weight excluding hydrogens is 230 g/mol. The Labute approximate surface area is 106 Å². The van der Waals surface area contributed by atoms with Gasteiger partial charge in [0, 0.05) is 17.8 Å². The van der Waals surface area contributed by atoms with Gasteiger partial charge in [-0.1, -0.05) is 12.1 Å². The third-order valence-corrected chi connectivity index (χ3v) is 3.80. The summed E-state index contributed by atoms with van der Waals surface area (Å²) < 4.78 is 4.21. The van der Waals surface area contributed by atoms with Crippen LogP contribution in [0.2, 0.25) is 0 Å². The van der Waals surface area contributed by atoms with Gasteiger partial charge in [0.15, 0.2) is 0 Å². The molecule has 0 spiro atoms. The average molecular weight is 247 g/mol. The van der Waals surface area contributed by atoms with Gasteiger partial charge in [0.1, 0.15) is 10.8 Å². The average Bonchev–Trinajstić information content (AvgIpc) is 2.63. The van der Waals surface area contributed by atoms with E-state index < -0.39 is 0 Å². The highest BCUT2D eigenvalue weighted by Gasteiger charge is 2.14. The van der Waals surface area contributed by atoms with Crippen molar-refractivity contribution in [3.63, 3.8) is 0 Å². The Morgan fingerprint density at radius 3 is 2.65 bits per heavy atom. The second kappa shape index (κ2) is 4.75. The number of aromatic nitrogens is 1. The maximum atomic E-state index is 5.81. The third kappa shape index (κ3) is 2.26. The fraction of sp³-hybridized carbons (Fsp3) is 0.308. The second-order valence-electron chi connectivity index (χ2n) is 4.08. The SMILES string of the molecule is CCN(c1cccc(C)c1)c1snc(N)c1C. The molecule has 0 saturated carbocycles. The van der Waals surface area contributed by atoms with Gasteiger partial charge in [-0.15, -0.1) is 0 Å². The van der Waals surface area contributed by atoms with Crippen molar-refractivity contribution in [3.05, 3.63) is 35.4 Å². The number of hydrogen-bond acceptors (Lipinski definition) is 4. The largest absolute Gasteiger partial charge is 0.383 e. The van der Waals surface area contributed by atoms with Gasteiger partial charge in [-0.25, -0.2) is 0 Å². The minimum atomic E-state index is 0.635. The van der Waals surface area contributed by atoms with E-state index in [9.17, 15) is 0 Å². The molecule has 2 rings (SSSR count). The standard InChI is InChI=1S/C13H17N3S/c1-4-16(11-7-5-6-9(2)8-11)13-10(3)12(14)15-17-13/h5-8H,4H2,1-3H3,(H2,14,15). The van der Waals surface area contributed by atoms with Crippen LogP contribution in [0, 0.1) is 13.8 Å². The number of rotatable bonds is 3. The summed E-state index contributed by atoms with van der Waals surface area (Å²) in [5.41, 5.74) is 9.34. The summed E-state index contributed by atoms with van der Waals surface area (Å²) in [6.45, 7) is 7.17. The molecule has 90 valence electrons. The molecule has 0 amide bonds. The number of nitrogen functional groups attached to an aromatic ring is 1. The van der Waals surface area contributed by atoms with E-state index in [4.69, 9.17) is 5.73 Å². The molecular formula is C13H17N3S. The zero-order valence-corrected chi connectivity index (χ0v) is 11.2. The van der Waals surface area contributed by atoms with Gasteiger partial charge >= 0.3 is 0 Å². The number of aryl methyl sites for hydroxylation is 1. The number of nitrogens with two attached hydrogens (primary N) is 1. The highest BCUT2D eigenvalue weighted by molar-refractivity contribution is 7.10. The lowest BCUT2D eigenvalue weighted by Crippen LogP contribution is -2.15. The van der Waals surface area contributed by atoms with Crippen molar-refractivity contribution in [2.75, 3.05) is 17.2 Å². The van der Waals surface area contributed by atoms with Crippen molar-refractivity contribution >= 4 is 28.0 Å². The molecule has 1 aromatic heterocycles. The van der Waals surface area contributed by atoms with Crippen LogP contribution >= 0.6 is 11.5 Å². The summed E-state index contributed by atoms with van der Waals surface area (Å²) in [5.74, 6) is 0.635. The van der Waals surface area contributed by atoms with Gasteiger partial charge in [0.2, 0.25) is 0 Å². The maximum Gasteiger partial charge on any atom is 0.142 e. The minimum absolute atomic E-state index is 0.635. The summed E-state index contributed by atoms with van der Waals surface area (Å²) in [4.78, 5) is 2.25. The van der Waals surface area contributed by atoms with E-state index in [2.05, 4.69) is 47.4 Å². The van der Waals surface area contributed by atoms with Crippen molar-refractivity contribution in [2.24, 2.45) is 0 Å². The zero-order chi connectivity index (χ0) is 12.4. The molecule has 4 heteroatoms. The number of benzene rings is 1. The summed E-state index contributed by atoms with van der Waals surface area (Å²) in [7, 11) is 0. The highest BCUT2D eigenvalue weighted by Crippen LogP contribution is 2.34. The van der Waals surface area contributed by atoms with Gasteiger partial charge in [-0.3, -0.25) is 0 Å². The second-order valence-corrected chi connectivity index (χ2v) is 4.83. The topological polar surface area (TPSA) is 42.2 Å². The van der Waals surface area contributed by atoms with Crippen molar-refractivity contribution in [1.82, 2.24) is 4.37 Å². The first-order valence-corrected chi connectivity index (χ1v) is 6.46. The molecule has 0 aliphatic rings. The predicted octanol–water partition coefficient (Wildman–Crippen LogP) is 3.50. The maximum absolute atomic E-state index is 5.81. The van der Waals surface area contributed by atoms with Gasteiger partial charge in [0.25, 0.3) is 0 Å². The van der Waals surface area contributed by atoms with Crippen molar-refractivity contribution in [3.8, 4) is 0 Å². The fourth-order valence-corrected chi connectivity index (χ4v) is 2.73. The van der Waals surface area contributed by atoms with Crippen molar-refractivity contribution < 1.29 is 0 Å². The quantitative estimate of drug-likeness (QED) is 0.902. The minimum Gasteiger partial charge on any atom is -0.383 e. The molecule has 0 unspecified atom stereocenters. The number of nitrogens with zero attached hydrogens (tertiary/aromatic N) is 2. The third-order valence-electron chi connectivity index (χ3n) is 2.81. The van der Waals surface area contributed by atoms with Crippen LogP contribution in [0.15, 0.2) is 24.3 Å². The van der Waals surface area contributed by atoms with E-state index in [-0.39, 0.29) is 0 Å². The molecule has 0 aliphatic heterocycles.